The minimum Gasteiger partial charge on any atom is -0.354 e. The van der Waals surface area contributed by atoms with Gasteiger partial charge in [-0.2, -0.15) is 13.2 Å². The van der Waals surface area contributed by atoms with Crippen molar-refractivity contribution < 1.29 is 31.2 Å². The summed E-state index contributed by atoms with van der Waals surface area (Å²) in [6, 6.07) is 24.5. The number of nitrogens with one attached hydrogen (secondary N) is 1. The first kappa shape index (κ1) is 35.5. The Labute approximate surface area is 278 Å². The molecule has 0 saturated carbocycles. The van der Waals surface area contributed by atoms with Gasteiger partial charge in [0.05, 0.1) is 21.2 Å². The maximum Gasteiger partial charge on any atom is 0.416 e. The van der Waals surface area contributed by atoms with Gasteiger partial charge in [0.15, 0.2) is 0 Å². The van der Waals surface area contributed by atoms with Crippen LogP contribution < -0.4 is 9.62 Å². The summed E-state index contributed by atoms with van der Waals surface area (Å²) < 4.78 is 70.2. The lowest BCUT2D eigenvalue weighted by Crippen LogP contribution is -2.53. The molecule has 0 unspecified atom stereocenters. The molecule has 0 radical (unpaired) electrons. The SMILES string of the molecule is CCCNC(=O)[C@@H](Cc1ccccc1)N(Cc1ccccc1C)C(=O)CN(c1cc(C(F)(F)F)ccc1Cl)S(=O)(=O)c1ccccc1. The summed E-state index contributed by atoms with van der Waals surface area (Å²) in [6.45, 7) is 3.06. The van der Waals surface area contributed by atoms with Crippen molar-refractivity contribution in [1.82, 2.24) is 10.2 Å². The summed E-state index contributed by atoms with van der Waals surface area (Å²) in [4.78, 5) is 29.3. The number of hydrogen-bond acceptors (Lipinski definition) is 4. The molecule has 4 aromatic carbocycles. The van der Waals surface area contributed by atoms with E-state index in [-0.39, 0.29) is 22.9 Å². The second-order valence-corrected chi connectivity index (χ2v) is 13.2. The van der Waals surface area contributed by atoms with Gasteiger partial charge in [0.2, 0.25) is 11.8 Å². The first-order valence-corrected chi connectivity index (χ1v) is 16.7. The Kier molecular flexibility index (Phi) is 11.7. The third kappa shape index (κ3) is 8.93. The third-order valence-corrected chi connectivity index (χ3v) is 9.67. The molecular formula is C35H35ClF3N3O4S. The number of halogens is 4. The van der Waals surface area contributed by atoms with Gasteiger partial charge in [-0.3, -0.25) is 13.9 Å². The third-order valence-electron chi connectivity index (χ3n) is 7.57. The Hall–Kier alpha value is -4.35. The Morgan fingerprint density at radius 1 is 0.894 bits per heavy atom. The molecule has 1 atom stereocenters. The van der Waals surface area contributed by atoms with Crippen molar-refractivity contribution in [3.63, 3.8) is 0 Å². The highest BCUT2D eigenvalue weighted by molar-refractivity contribution is 7.92. The molecule has 12 heteroatoms. The Bertz CT molecular complexity index is 1790. The van der Waals surface area contributed by atoms with Crippen LogP contribution in [0.2, 0.25) is 5.02 Å². The number of nitrogens with zero attached hydrogens (tertiary/aromatic N) is 2. The summed E-state index contributed by atoms with van der Waals surface area (Å²) in [6.07, 6.45) is -4.09. The lowest BCUT2D eigenvalue weighted by atomic mass is 10.0. The van der Waals surface area contributed by atoms with E-state index in [4.69, 9.17) is 11.6 Å². The predicted molar refractivity (Wildman–Crippen MR) is 176 cm³/mol. The van der Waals surface area contributed by atoms with Crippen LogP contribution in [0.3, 0.4) is 0 Å². The van der Waals surface area contributed by atoms with Gasteiger partial charge in [-0.05, 0) is 60.4 Å². The zero-order valence-corrected chi connectivity index (χ0v) is 27.4. The largest absolute Gasteiger partial charge is 0.416 e. The molecule has 4 aromatic rings. The van der Waals surface area contributed by atoms with Gasteiger partial charge in [-0.1, -0.05) is 91.3 Å². The van der Waals surface area contributed by atoms with Gasteiger partial charge in [0.25, 0.3) is 10.0 Å². The summed E-state index contributed by atoms with van der Waals surface area (Å²) in [7, 11) is -4.63. The molecule has 7 nitrogen and oxygen atoms in total. The molecule has 0 saturated heterocycles. The number of aryl methyl sites for hydroxylation is 1. The summed E-state index contributed by atoms with van der Waals surface area (Å²) in [5.41, 5.74) is 0.616. The molecule has 1 N–H and O–H groups in total. The molecule has 2 amide bonds. The lowest BCUT2D eigenvalue weighted by molar-refractivity contribution is -0.140. The van der Waals surface area contributed by atoms with E-state index in [2.05, 4.69) is 5.32 Å². The molecule has 0 aliphatic heterocycles. The van der Waals surface area contributed by atoms with Crippen LogP contribution in [0.15, 0.2) is 108 Å². The molecule has 4 rings (SSSR count). The van der Waals surface area contributed by atoms with Crippen molar-refractivity contribution >= 4 is 39.1 Å². The maximum absolute atomic E-state index is 14.5. The lowest BCUT2D eigenvalue weighted by Gasteiger charge is -2.34. The van der Waals surface area contributed by atoms with Crippen LogP contribution in [0.25, 0.3) is 0 Å². The minimum atomic E-state index is -4.82. The fraction of sp³-hybridized carbons (Fsp3) is 0.257. The van der Waals surface area contributed by atoms with Crippen molar-refractivity contribution in [2.24, 2.45) is 0 Å². The van der Waals surface area contributed by atoms with Crippen molar-refractivity contribution in [2.75, 3.05) is 17.4 Å². The van der Waals surface area contributed by atoms with E-state index in [9.17, 15) is 31.2 Å². The Morgan fingerprint density at radius 2 is 1.51 bits per heavy atom. The van der Waals surface area contributed by atoms with Crippen LogP contribution >= 0.6 is 11.6 Å². The summed E-state index contributed by atoms with van der Waals surface area (Å²) >= 11 is 6.36. The fourth-order valence-electron chi connectivity index (χ4n) is 5.00. The van der Waals surface area contributed by atoms with Crippen LogP contribution in [-0.4, -0.2) is 44.3 Å². The number of benzene rings is 4. The standard InChI is InChI=1S/C35H35ClF3N3O4S/c1-3-20-40-34(44)32(21-26-13-6-4-7-14-26)41(23-27-15-11-10-12-25(27)2)33(43)24-42(47(45,46)29-16-8-5-9-17-29)31-22-28(35(37,38)39)18-19-30(31)36/h4-19,22,32H,3,20-21,23-24H2,1-2H3,(H,40,44)/t32-/m1/s1. The van der Waals surface area contributed by atoms with Gasteiger partial charge in [0, 0.05) is 19.5 Å². The Balaban J connectivity index is 1.87. The molecule has 0 aromatic heterocycles. The van der Waals surface area contributed by atoms with E-state index in [0.717, 1.165) is 23.3 Å². The maximum atomic E-state index is 14.5. The summed E-state index contributed by atoms with van der Waals surface area (Å²) in [5.74, 6) is -1.26. The fourth-order valence-corrected chi connectivity index (χ4v) is 6.72. The minimum absolute atomic E-state index is 0.0713. The second-order valence-electron chi connectivity index (χ2n) is 10.9. The van der Waals surface area contributed by atoms with Crippen LogP contribution in [-0.2, 0) is 38.8 Å². The van der Waals surface area contributed by atoms with Gasteiger partial charge in [-0.25, -0.2) is 8.42 Å². The zero-order chi connectivity index (χ0) is 34.2. The average molecular weight is 686 g/mol. The number of anilines is 1. The highest BCUT2D eigenvalue weighted by Gasteiger charge is 2.37. The molecule has 0 aliphatic carbocycles. The molecule has 0 aliphatic rings. The van der Waals surface area contributed by atoms with Gasteiger partial charge in [0.1, 0.15) is 12.6 Å². The van der Waals surface area contributed by atoms with Crippen LogP contribution in [0.1, 0.15) is 35.6 Å². The van der Waals surface area contributed by atoms with Crippen LogP contribution in [0.5, 0.6) is 0 Å². The van der Waals surface area contributed by atoms with Gasteiger partial charge in [-0.15, -0.1) is 0 Å². The Morgan fingerprint density at radius 3 is 2.13 bits per heavy atom. The van der Waals surface area contributed by atoms with Gasteiger partial charge < -0.3 is 10.2 Å². The van der Waals surface area contributed by atoms with Crippen molar-refractivity contribution in [2.45, 2.75) is 50.3 Å². The number of carbonyl (C=O) groups excluding carboxylic acids is 2. The molecule has 0 heterocycles. The molecular weight excluding hydrogens is 651 g/mol. The van der Waals surface area contributed by atoms with E-state index < -0.39 is 51.9 Å². The number of rotatable bonds is 13. The number of hydrogen-bond donors (Lipinski definition) is 1. The summed E-state index contributed by atoms with van der Waals surface area (Å²) in [5, 5.41) is 2.54. The van der Waals surface area contributed by atoms with Crippen molar-refractivity contribution in [1.29, 1.82) is 0 Å². The van der Waals surface area contributed by atoms with Crippen LogP contribution in [0.4, 0.5) is 18.9 Å². The van der Waals surface area contributed by atoms with E-state index in [0.29, 0.717) is 28.9 Å². The number of amides is 2. The van der Waals surface area contributed by atoms with Crippen LogP contribution in [0, 0.1) is 6.92 Å². The van der Waals surface area contributed by atoms with E-state index in [1.54, 1.807) is 30.3 Å². The number of carbonyl (C=O) groups is 2. The molecule has 0 spiro atoms. The molecule has 0 bridgehead atoms. The molecule has 0 fully saturated rings. The first-order valence-electron chi connectivity index (χ1n) is 14.9. The highest BCUT2D eigenvalue weighted by atomic mass is 35.5. The molecule has 47 heavy (non-hydrogen) atoms. The highest BCUT2D eigenvalue weighted by Crippen LogP contribution is 2.37. The first-order chi connectivity index (χ1) is 22.3. The normalized spacial score (nSPS) is 12.3. The topological polar surface area (TPSA) is 86.8 Å². The van der Waals surface area contributed by atoms with Crippen molar-refractivity contribution in [3.05, 3.63) is 130 Å². The monoisotopic (exact) mass is 685 g/mol. The predicted octanol–water partition coefficient (Wildman–Crippen LogP) is 7.03. The zero-order valence-electron chi connectivity index (χ0n) is 25.9. The van der Waals surface area contributed by atoms with E-state index >= 15 is 0 Å². The average Bonchev–Trinajstić information content (AvgIpc) is 3.05. The smallest absolute Gasteiger partial charge is 0.354 e. The van der Waals surface area contributed by atoms with E-state index in [1.165, 1.54) is 29.2 Å². The molecule has 248 valence electrons. The quantitative estimate of drug-likeness (QED) is 0.164. The second kappa shape index (κ2) is 15.5. The van der Waals surface area contributed by atoms with Crippen molar-refractivity contribution in [3.8, 4) is 0 Å². The number of alkyl halides is 3. The van der Waals surface area contributed by atoms with E-state index in [1.807, 2.05) is 44.2 Å². The number of sulfonamides is 1. The van der Waals surface area contributed by atoms with Gasteiger partial charge >= 0.3 is 6.18 Å².